The Kier molecular flexibility index (Phi) is 6.05. The minimum atomic E-state index is -0.555. The highest BCUT2D eigenvalue weighted by Crippen LogP contribution is 2.27. The molecule has 18 heavy (non-hydrogen) atoms. The summed E-state index contributed by atoms with van der Waals surface area (Å²) in [6.45, 7) is 1.86. The van der Waals surface area contributed by atoms with Gasteiger partial charge in [-0.05, 0) is 25.3 Å². The molecule has 0 fully saturated rings. The van der Waals surface area contributed by atoms with Crippen LogP contribution >= 0.6 is 0 Å². The van der Waals surface area contributed by atoms with Gasteiger partial charge in [0.25, 0.3) is 0 Å². The molecule has 0 aliphatic carbocycles. The molecule has 3 N–H and O–H groups in total. The van der Waals surface area contributed by atoms with Gasteiger partial charge in [-0.25, -0.2) is 0 Å². The van der Waals surface area contributed by atoms with Crippen molar-refractivity contribution >= 4 is 0 Å². The summed E-state index contributed by atoms with van der Waals surface area (Å²) in [5.41, 5.74) is 1.74. The zero-order valence-corrected chi connectivity index (χ0v) is 10.8. The monoisotopic (exact) mass is 250 g/mol. The molecule has 3 nitrogen and oxygen atoms in total. The number of rotatable bonds is 7. The van der Waals surface area contributed by atoms with Crippen molar-refractivity contribution in [1.29, 1.82) is 0 Å². The molecule has 1 rings (SSSR count). The second-order valence-electron chi connectivity index (χ2n) is 4.84. The number of aliphatic hydroxyl groups is 3. The third-order valence-corrected chi connectivity index (χ3v) is 3.19. The number of allylic oxidation sites excluding steroid dienone is 1. The number of benzene rings is 1. The van der Waals surface area contributed by atoms with Crippen LogP contribution in [0.15, 0.2) is 36.4 Å². The maximum Gasteiger partial charge on any atom is 0.0612 e. The first-order valence-corrected chi connectivity index (χ1v) is 6.19. The molecule has 0 bridgehead atoms. The van der Waals surface area contributed by atoms with Crippen molar-refractivity contribution in [1.82, 2.24) is 0 Å². The lowest BCUT2D eigenvalue weighted by atomic mass is 9.80. The van der Waals surface area contributed by atoms with Crippen LogP contribution in [0.1, 0.15) is 17.5 Å². The standard InChI is InChI=1S/C15H22O3/c1-13-4-6-14(7-5-13)10-15(11-17,12-18)8-2-3-9-16/h2-7,16-18H,8-12H2,1H3/b3-2+. The second-order valence-corrected chi connectivity index (χ2v) is 4.84. The number of aliphatic hydroxyl groups excluding tert-OH is 3. The average molecular weight is 250 g/mol. The molecule has 0 saturated carbocycles. The third kappa shape index (κ3) is 4.26. The molecule has 0 aliphatic heterocycles. The summed E-state index contributed by atoms with van der Waals surface area (Å²) < 4.78 is 0. The highest BCUT2D eigenvalue weighted by Gasteiger charge is 2.27. The Morgan fingerprint density at radius 2 is 1.61 bits per heavy atom. The average Bonchev–Trinajstić information content (AvgIpc) is 2.40. The summed E-state index contributed by atoms with van der Waals surface area (Å²) in [7, 11) is 0. The van der Waals surface area contributed by atoms with Gasteiger partial charge in [-0.15, -0.1) is 0 Å². The van der Waals surface area contributed by atoms with Gasteiger partial charge in [0.1, 0.15) is 0 Å². The third-order valence-electron chi connectivity index (χ3n) is 3.19. The molecule has 3 heteroatoms. The van der Waals surface area contributed by atoms with E-state index in [0.717, 1.165) is 5.56 Å². The van der Waals surface area contributed by atoms with Crippen molar-refractivity contribution in [2.45, 2.75) is 19.8 Å². The second kappa shape index (κ2) is 7.31. The van der Waals surface area contributed by atoms with Crippen LogP contribution in [0.25, 0.3) is 0 Å². The zero-order valence-electron chi connectivity index (χ0n) is 10.8. The summed E-state index contributed by atoms with van der Waals surface area (Å²) in [5, 5.41) is 27.8. The summed E-state index contributed by atoms with van der Waals surface area (Å²) in [5.74, 6) is 0. The Hall–Kier alpha value is -1.16. The van der Waals surface area contributed by atoms with Gasteiger partial charge in [-0.3, -0.25) is 0 Å². The van der Waals surface area contributed by atoms with E-state index in [0.29, 0.717) is 12.8 Å². The Morgan fingerprint density at radius 1 is 1.00 bits per heavy atom. The van der Waals surface area contributed by atoms with E-state index in [2.05, 4.69) is 0 Å². The van der Waals surface area contributed by atoms with Crippen LogP contribution in [0.5, 0.6) is 0 Å². The minimum Gasteiger partial charge on any atom is -0.396 e. The van der Waals surface area contributed by atoms with Gasteiger partial charge >= 0.3 is 0 Å². The SMILES string of the molecule is Cc1ccc(CC(CO)(CO)C/C=C/CO)cc1. The Labute approximate surface area is 108 Å². The molecule has 0 amide bonds. The zero-order chi connectivity index (χ0) is 13.4. The first kappa shape index (κ1) is 14.9. The molecule has 1 aromatic rings. The lowest BCUT2D eigenvalue weighted by molar-refractivity contribution is 0.0569. The Balaban J connectivity index is 2.77. The van der Waals surface area contributed by atoms with Crippen LogP contribution in [-0.2, 0) is 6.42 Å². The normalized spacial score (nSPS) is 12.2. The smallest absolute Gasteiger partial charge is 0.0612 e. The predicted octanol–water partition coefficient (Wildman–Crippen LogP) is 1.45. The lowest BCUT2D eigenvalue weighted by Gasteiger charge is -2.28. The molecule has 0 atom stereocenters. The van der Waals surface area contributed by atoms with Gasteiger partial charge in [0, 0.05) is 5.41 Å². The molecule has 0 radical (unpaired) electrons. The van der Waals surface area contributed by atoms with Crippen LogP contribution in [0, 0.1) is 12.3 Å². The number of aryl methyl sites for hydroxylation is 1. The van der Waals surface area contributed by atoms with Gasteiger partial charge < -0.3 is 15.3 Å². The first-order chi connectivity index (χ1) is 8.65. The molecule has 0 heterocycles. The van der Waals surface area contributed by atoms with Crippen molar-refractivity contribution in [3.8, 4) is 0 Å². The van der Waals surface area contributed by atoms with Crippen LogP contribution in [0.2, 0.25) is 0 Å². The highest BCUT2D eigenvalue weighted by atomic mass is 16.3. The largest absolute Gasteiger partial charge is 0.396 e. The van der Waals surface area contributed by atoms with Gasteiger partial charge in [0.2, 0.25) is 0 Å². The molecular formula is C15H22O3. The molecule has 0 spiro atoms. The molecular weight excluding hydrogens is 228 g/mol. The summed E-state index contributed by atoms with van der Waals surface area (Å²) in [4.78, 5) is 0. The summed E-state index contributed by atoms with van der Waals surface area (Å²) in [6, 6.07) is 8.09. The topological polar surface area (TPSA) is 60.7 Å². The van der Waals surface area contributed by atoms with Gasteiger partial charge in [-0.1, -0.05) is 42.0 Å². The van der Waals surface area contributed by atoms with E-state index in [-0.39, 0.29) is 19.8 Å². The molecule has 100 valence electrons. The fraction of sp³-hybridized carbons (Fsp3) is 0.467. The Bertz CT molecular complexity index is 364. The van der Waals surface area contributed by atoms with Gasteiger partial charge in [0.05, 0.1) is 19.8 Å². The van der Waals surface area contributed by atoms with E-state index in [1.807, 2.05) is 31.2 Å². The van der Waals surface area contributed by atoms with E-state index in [9.17, 15) is 10.2 Å². The predicted molar refractivity (Wildman–Crippen MR) is 72.3 cm³/mol. The highest BCUT2D eigenvalue weighted by molar-refractivity contribution is 5.22. The van der Waals surface area contributed by atoms with E-state index >= 15 is 0 Å². The van der Waals surface area contributed by atoms with Crippen molar-refractivity contribution in [2.75, 3.05) is 19.8 Å². The minimum absolute atomic E-state index is 0.0164. The lowest BCUT2D eigenvalue weighted by Crippen LogP contribution is -2.32. The molecule has 1 aromatic carbocycles. The van der Waals surface area contributed by atoms with Crippen LogP contribution < -0.4 is 0 Å². The van der Waals surface area contributed by atoms with E-state index in [1.54, 1.807) is 12.2 Å². The van der Waals surface area contributed by atoms with Crippen LogP contribution in [0.4, 0.5) is 0 Å². The van der Waals surface area contributed by atoms with Crippen molar-refractivity contribution in [2.24, 2.45) is 5.41 Å². The number of hydrogen-bond donors (Lipinski definition) is 3. The van der Waals surface area contributed by atoms with E-state index in [4.69, 9.17) is 5.11 Å². The molecule has 0 saturated heterocycles. The Morgan fingerprint density at radius 3 is 2.11 bits per heavy atom. The summed E-state index contributed by atoms with van der Waals surface area (Å²) >= 11 is 0. The molecule has 0 aromatic heterocycles. The van der Waals surface area contributed by atoms with Crippen molar-refractivity contribution in [3.05, 3.63) is 47.5 Å². The summed E-state index contributed by atoms with van der Waals surface area (Å²) in [6.07, 6.45) is 4.61. The maximum atomic E-state index is 9.54. The maximum absolute atomic E-state index is 9.54. The van der Waals surface area contributed by atoms with Gasteiger partial charge in [0.15, 0.2) is 0 Å². The van der Waals surface area contributed by atoms with Gasteiger partial charge in [-0.2, -0.15) is 0 Å². The van der Waals surface area contributed by atoms with E-state index in [1.165, 1.54) is 5.56 Å². The van der Waals surface area contributed by atoms with Crippen LogP contribution in [0.3, 0.4) is 0 Å². The van der Waals surface area contributed by atoms with Crippen molar-refractivity contribution < 1.29 is 15.3 Å². The number of hydrogen-bond acceptors (Lipinski definition) is 3. The molecule has 0 unspecified atom stereocenters. The quantitative estimate of drug-likeness (QED) is 0.642. The van der Waals surface area contributed by atoms with Crippen LogP contribution in [-0.4, -0.2) is 35.1 Å². The van der Waals surface area contributed by atoms with Crippen molar-refractivity contribution in [3.63, 3.8) is 0 Å². The van der Waals surface area contributed by atoms with E-state index < -0.39 is 5.41 Å². The first-order valence-electron chi connectivity index (χ1n) is 6.19. The fourth-order valence-electron chi connectivity index (χ4n) is 1.91. The molecule has 0 aliphatic rings. The fourth-order valence-corrected chi connectivity index (χ4v) is 1.91.